The number of aromatic nitrogens is 2. The summed E-state index contributed by atoms with van der Waals surface area (Å²) in [4.78, 5) is 25.0. The van der Waals surface area contributed by atoms with Crippen LogP contribution in [0.1, 0.15) is 40.0 Å². The van der Waals surface area contributed by atoms with Crippen LogP contribution in [0, 0.1) is 0 Å². The molecule has 3 aromatic rings. The Kier molecular flexibility index (Phi) is 5.58. The van der Waals surface area contributed by atoms with Crippen molar-refractivity contribution in [1.29, 1.82) is 0 Å². The molecule has 0 aliphatic carbocycles. The highest BCUT2D eigenvalue weighted by atomic mass is 35.5. The van der Waals surface area contributed by atoms with E-state index in [4.69, 9.17) is 23.1 Å². The quantitative estimate of drug-likeness (QED) is 0.608. The highest BCUT2D eigenvalue weighted by Gasteiger charge is 2.32. The maximum atomic E-state index is 13.2. The van der Waals surface area contributed by atoms with Crippen LogP contribution in [0.3, 0.4) is 0 Å². The van der Waals surface area contributed by atoms with Gasteiger partial charge in [0.2, 0.25) is 0 Å². The Morgan fingerprint density at radius 3 is 2.37 bits per heavy atom. The van der Waals surface area contributed by atoms with Gasteiger partial charge in [0, 0.05) is 17.2 Å². The molecule has 30 heavy (non-hydrogen) atoms. The lowest BCUT2D eigenvalue weighted by molar-refractivity contribution is -0.137. The Morgan fingerprint density at radius 2 is 1.80 bits per heavy atom. The third kappa shape index (κ3) is 4.02. The SMILES string of the molecule is CC(c1cc(N)cc(C(F)(F)F)c1)c1c(Cl)c(C(N)=O)nn(-c2ccccc2)c1=O. The van der Waals surface area contributed by atoms with Gasteiger partial charge in [-0.2, -0.15) is 23.0 Å². The number of benzene rings is 2. The zero-order valence-electron chi connectivity index (χ0n) is 15.6. The molecular formula is C20H16ClF3N4O2. The number of alkyl halides is 3. The van der Waals surface area contributed by atoms with Crippen LogP contribution in [0.5, 0.6) is 0 Å². The van der Waals surface area contributed by atoms with Crippen LogP contribution in [0.2, 0.25) is 5.02 Å². The number of nitrogen functional groups attached to an aromatic ring is 1. The molecule has 0 bridgehead atoms. The second-order valence-electron chi connectivity index (χ2n) is 6.60. The van der Waals surface area contributed by atoms with Crippen molar-refractivity contribution in [2.75, 3.05) is 5.73 Å². The number of nitrogens with zero attached hydrogens (tertiary/aromatic N) is 2. The fourth-order valence-electron chi connectivity index (χ4n) is 3.06. The van der Waals surface area contributed by atoms with Gasteiger partial charge < -0.3 is 11.5 Å². The van der Waals surface area contributed by atoms with E-state index in [1.807, 2.05) is 0 Å². The highest BCUT2D eigenvalue weighted by Crippen LogP contribution is 2.36. The van der Waals surface area contributed by atoms with Crippen molar-refractivity contribution in [3.63, 3.8) is 0 Å². The predicted molar refractivity (Wildman–Crippen MR) is 107 cm³/mol. The number of anilines is 1. The fraction of sp³-hybridized carbons (Fsp3) is 0.150. The number of halogens is 4. The molecular weight excluding hydrogens is 421 g/mol. The molecule has 0 aliphatic rings. The fourth-order valence-corrected chi connectivity index (χ4v) is 3.43. The third-order valence-electron chi connectivity index (χ3n) is 4.54. The first-order valence-corrected chi connectivity index (χ1v) is 9.04. The van der Waals surface area contributed by atoms with E-state index < -0.39 is 29.1 Å². The first-order chi connectivity index (χ1) is 14.0. The van der Waals surface area contributed by atoms with Crippen LogP contribution in [0.4, 0.5) is 18.9 Å². The minimum Gasteiger partial charge on any atom is -0.399 e. The smallest absolute Gasteiger partial charge is 0.399 e. The minimum atomic E-state index is -4.63. The Morgan fingerprint density at radius 1 is 1.17 bits per heavy atom. The van der Waals surface area contributed by atoms with Crippen molar-refractivity contribution in [3.05, 3.63) is 86.3 Å². The molecule has 1 unspecified atom stereocenters. The van der Waals surface area contributed by atoms with Gasteiger partial charge in [0.05, 0.1) is 16.3 Å². The van der Waals surface area contributed by atoms with Crippen LogP contribution >= 0.6 is 11.6 Å². The van der Waals surface area contributed by atoms with Crippen LogP contribution in [0.25, 0.3) is 5.69 Å². The van der Waals surface area contributed by atoms with Crippen molar-refractivity contribution < 1.29 is 18.0 Å². The van der Waals surface area contributed by atoms with Crippen molar-refractivity contribution in [2.24, 2.45) is 5.73 Å². The summed E-state index contributed by atoms with van der Waals surface area (Å²) >= 11 is 6.25. The average molecular weight is 437 g/mol. The summed E-state index contributed by atoms with van der Waals surface area (Å²) in [7, 11) is 0. The second kappa shape index (κ2) is 7.83. The number of hydrogen-bond donors (Lipinski definition) is 2. The Bertz CT molecular complexity index is 1180. The molecule has 10 heteroatoms. The standard InChI is InChI=1S/C20H16ClF3N4O2/c1-10(11-7-12(20(22,23)24)9-13(25)8-11)15-16(21)17(18(26)29)27-28(19(15)30)14-5-3-2-4-6-14/h2-10H,25H2,1H3,(H2,26,29). The van der Waals surface area contributed by atoms with Crippen LogP contribution in [-0.2, 0) is 6.18 Å². The molecule has 6 nitrogen and oxygen atoms in total. The zero-order valence-corrected chi connectivity index (χ0v) is 16.3. The van der Waals surface area contributed by atoms with Crippen molar-refractivity contribution in [1.82, 2.24) is 9.78 Å². The first-order valence-electron chi connectivity index (χ1n) is 8.66. The molecule has 156 valence electrons. The molecule has 0 saturated heterocycles. The topological polar surface area (TPSA) is 104 Å². The second-order valence-corrected chi connectivity index (χ2v) is 6.98. The van der Waals surface area contributed by atoms with Crippen LogP contribution in [-0.4, -0.2) is 15.7 Å². The van der Waals surface area contributed by atoms with Crippen LogP contribution < -0.4 is 17.0 Å². The molecule has 3 rings (SSSR count). The minimum absolute atomic E-state index is 0.0996. The molecule has 0 aliphatic heterocycles. The maximum absolute atomic E-state index is 13.2. The van der Waals surface area contributed by atoms with E-state index in [1.54, 1.807) is 30.3 Å². The van der Waals surface area contributed by atoms with E-state index in [9.17, 15) is 22.8 Å². The Balaban J connectivity index is 2.28. The highest BCUT2D eigenvalue weighted by molar-refractivity contribution is 6.34. The molecule has 0 radical (unpaired) electrons. The molecule has 4 N–H and O–H groups in total. The van der Waals surface area contributed by atoms with Crippen molar-refractivity contribution in [3.8, 4) is 5.69 Å². The average Bonchev–Trinajstić information content (AvgIpc) is 2.67. The van der Waals surface area contributed by atoms with E-state index in [0.29, 0.717) is 5.69 Å². The summed E-state index contributed by atoms with van der Waals surface area (Å²) in [5.41, 5.74) is 9.15. The molecule has 1 aromatic heterocycles. The lowest BCUT2D eigenvalue weighted by Gasteiger charge is -2.19. The Labute approximate surface area is 173 Å². The van der Waals surface area contributed by atoms with Gasteiger partial charge in [-0.1, -0.05) is 36.7 Å². The largest absolute Gasteiger partial charge is 0.416 e. The van der Waals surface area contributed by atoms with Gasteiger partial charge in [-0.25, -0.2) is 0 Å². The summed E-state index contributed by atoms with van der Waals surface area (Å²) in [6, 6.07) is 11.2. The van der Waals surface area contributed by atoms with Gasteiger partial charge in [-0.15, -0.1) is 0 Å². The molecule has 0 saturated carbocycles. The van der Waals surface area contributed by atoms with E-state index in [1.165, 1.54) is 13.0 Å². The van der Waals surface area contributed by atoms with Gasteiger partial charge >= 0.3 is 6.18 Å². The van der Waals surface area contributed by atoms with Gasteiger partial charge in [-0.3, -0.25) is 9.59 Å². The number of carbonyl (C=O) groups is 1. The summed E-state index contributed by atoms with van der Waals surface area (Å²) in [5, 5.41) is 3.63. The first kappa shape index (κ1) is 21.4. The monoisotopic (exact) mass is 436 g/mol. The van der Waals surface area contributed by atoms with Crippen LogP contribution in [0.15, 0.2) is 53.3 Å². The number of carbonyl (C=O) groups excluding carboxylic acids is 1. The molecule has 0 fully saturated rings. The summed E-state index contributed by atoms with van der Waals surface area (Å²) < 4.78 is 40.6. The summed E-state index contributed by atoms with van der Waals surface area (Å²) in [6.45, 7) is 1.48. The molecule has 1 heterocycles. The molecule has 1 atom stereocenters. The van der Waals surface area contributed by atoms with Gasteiger partial charge in [0.25, 0.3) is 11.5 Å². The van der Waals surface area contributed by atoms with Crippen molar-refractivity contribution in [2.45, 2.75) is 19.0 Å². The van der Waals surface area contributed by atoms with E-state index in [0.717, 1.165) is 16.8 Å². The Hall–Kier alpha value is -3.33. The third-order valence-corrected chi connectivity index (χ3v) is 4.92. The maximum Gasteiger partial charge on any atom is 0.416 e. The number of primary amides is 1. The predicted octanol–water partition coefficient (Wildman–Crippen LogP) is 3.74. The van der Waals surface area contributed by atoms with Gasteiger partial charge in [0.15, 0.2) is 5.69 Å². The normalized spacial score (nSPS) is 12.6. The summed E-state index contributed by atoms with van der Waals surface area (Å²) in [6.07, 6.45) is -4.63. The number of hydrogen-bond acceptors (Lipinski definition) is 4. The molecule has 2 aromatic carbocycles. The van der Waals surface area contributed by atoms with E-state index in [-0.39, 0.29) is 27.5 Å². The number of rotatable bonds is 4. The lowest BCUT2D eigenvalue weighted by Crippen LogP contribution is -2.31. The van der Waals surface area contributed by atoms with Gasteiger partial charge in [0.1, 0.15) is 0 Å². The lowest BCUT2D eigenvalue weighted by atomic mass is 9.91. The number of para-hydroxylation sites is 1. The van der Waals surface area contributed by atoms with E-state index in [2.05, 4.69) is 5.10 Å². The van der Waals surface area contributed by atoms with Gasteiger partial charge in [-0.05, 0) is 35.9 Å². The van der Waals surface area contributed by atoms with Crippen molar-refractivity contribution >= 4 is 23.2 Å². The summed E-state index contributed by atoms with van der Waals surface area (Å²) in [5.74, 6) is -1.92. The molecule has 0 spiro atoms. The van der Waals surface area contributed by atoms with E-state index >= 15 is 0 Å². The zero-order chi connectivity index (χ0) is 22.2. The number of amides is 1. The number of nitrogens with two attached hydrogens (primary N) is 2. The molecule has 1 amide bonds.